The third-order valence-electron chi connectivity index (χ3n) is 8.73. The fraction of sp³-hybridized carbons (Fsp3) is 0.516. The number of pyridine rings is 1. The first-order chi connectivity index (χ1) is 19.2. The SMILES string of the molecule is Cc1ccc2[nH]c(=O)c(C[C@@H](C#N)NC(=O)[C@@H]3[C@H]4[C@H](CN3C(=O)[C@@H](Nc3nc(C)cs3)C(C)(C)C)C4(C)C)cc2c1. The Morgan fingerprint density at radius 1 is 1.27 bits per heavy atom. The van der Waals surface area contributed by atoms with Gasteiger partial charge in [-0.3, -0.25) is 14.4 Å². The Morgan fingerprint density at radius 3 is 2.63 bits per heavy atom. The van der Waals surface area contributed by atoms with Gasteiger partial charge >= 0.3 is 0 Å². The summed E-state index contributed by atoms with van der Waals surface area (Å²) in [6.07, 6.45) is 0.0647. The number of amides is 2. The topological polar surface area (TPSA) is 131 Å². The van der Waals surface area contributed by atoms with E-state index in [0.717, 1.165) is 22.2 Å². The van der Waals surface area contributed by atoms with Crippen LogP contribution in [0.5, 0.6) is 0 Å². The molecular formula is C31H38N6O3S. The lowest BCUT2D eigenvalue weighted by Gasteiger charge is -2.37. The lowest BCUT2D eigenvalue weighted by atomic mass is 9.85. The zero-order valence-corrected chi connectivity index (χ0v) is 25.5. The van der Waals surface area contributed by atoms with Crippen molar-refractivity contribution in [1.82, 2.24) is 20.2 Å². The molecule has 9 nitrogen and oxygen atoms in total. The van der Waals surface area contributed by atoms with Crippen molar-refractivity contribution in [3.05, 3.63) is 56.8 Å². The molecule has 1 saturated carbocycles. The zero-order chi connectivity index (χ0) is 29.9. The summed E-state index contributed by atoms with van der Waals surface area (Å²) >= 11 is 1.45. The van der Waals surface area contributed by atoms with Crippen LogP contribution in [-0.4, -0.2) is 51.4 Å². The van der Waals surface area contributed by atoms with Crippen LogP contribution in [-0.2, 0) is 16.0 Å². The van der Waals surface area contributed by atoms with Crippen LogP contribution in [0.15, 0.2) is 34.4 Å². The molecule has 2 fully saturated rings. The number of piperidine rings is 1. The first kappa shape index (κ1) is 28.8. The molecule has 5 rings (SSSR count). The standard InChI is InChI=1S/C31H38N6O3S/c1-16-8-9-22-18(10-16)11-19(26(38)35-22)12-20(13-32)34-27(39)24-23-21(31(23,6)7)14-37(24)28(40)25(30(3,4)5)36-29-33-17(2)15-41-29/h8-11,15,20-21,23-25H,12,14H2,1-7H3,(H,33,36)(H,34,39)(H,35,38)/t20-,21-,23+,24-,25+/m0/s1. The highest BCUT2D eigenvalue weighted by atomic mass is 32.1. The Balaban J connectivity index is 1.37. The molecule has 10 heteroatoms. The maximum absolute atomic E-state index is 14.1. The molecule has 1 aliphatic heterocycles. The Labute approximate surface area is 244 Å². The van der Waals surface area contributed by atoms with Crippen molar-refractivity contribution < 1.29 is 9.59 Å². The number of hydrogen-bond acceptors (Lipinski definition) is 7. The summed E-state index contributed by atoms with van der Waals surface area (Å²) in [5.41, 5.74) is 2.28. The zero-order valence-electron chi connectivity index (χ0n) is 24.7. The summed E-state index contributed by atoms with van der Waals surface area (Å²) in [6, 6.07) is 7.49. The van der Waals surface area contributed by atoms with Crippen LogP contribution < -0.4 is 16.2 Å². The number of nitrogens with zero attached hydrogens (tertiary/aromatic N) is 3. The number of hydrogen-bond donors (Lipinski definition) is 3. The van der Waals surface area contributed by atoms with Crippen molar-refractivity contribution in [1.29, 1.82) is 5.26 Å². The summed E-state index contributed by atoms with van der Waals surface area (Å²) in [4.78, 5) is 49.8. The van der Waals surface area contributed by atoms with Gasteiger partial charge in [-0.1, -0.05) is 46.2 Å². The van der Waals surface area contributed by atoms with E-state index in [1.165, 1.54) is 11.3 Å². The third kappa shape index (κ3) is 5.47. The minimum atomic E-state index is -0.918. The molecule has 0 spiro atoms. The summed E-state index contributed by atoms with van der Waals surface area (Å²) in [7, 11) is 0. The molecule has 0 radical (unpaired) electrons. The molecule has 3 aromatic rings. The molecular weight excluding hydrogens is 536 g/mol. The van der Waals surface area contributed by atoms with Crippen LogP contribution in [0.3, 0.4) is 0 Å². The number of H-pyrrole nitrogens is 1. The average Bonchev–Trinajstić information content (AvgIpc) is 3.25. The number of carbonyl (C=O) groups is 2. The quantitative estimate of drug-likeness (QED) is 0.388. The highest BCUT2D eigenvalue weighted by molar-refractivity contribution is 7.13. The lowest BCUT2D eigenvalue weighted by Crippen LogP contribution is -2.57. The van der Waals surface area contributed by atoms with Gasteiger partial charge in [0.25, 0.3) is 5.56 Å². The van der Waals surface area contributed by atoms with Gasteiger partial charge < -0.3 is 20.5 Å². The number of carbonyl (C=O) groups excluding carboxylic acids is 2. The predicted octanol–water partition coefficient (Wildman–Crippen LogP) is 4.16. The molecule has 41 heavy (non-hydrogen) atoms. The van der Waals surface area contributed by atoms with E-state index in [1.54, 1.807) is 11.0 Å². The molecule has 2 amide bonds. The predicted molar refractivity (Wildman–Crippen MR) is 161 cm³/mol. The van der Waals surface area contributed by atoms with Gasteiger partial charge in [0.2, 0.25) is 11.8 Å². The minimum absolute atomic E-state index is 0.000523. The molecule has 216 valence electrons. The van der Waals surface area contributed by atoms with Gasteiger partial charge in [-0.15, -0.1) is 11.3 Å². The van der Waals surface area contributed by atoms with Crippen molar-refractivity contribution in [3.63, 3.8) is 0 Å². The largest absolute Gasteiger partial charge is 0.349 e. The van der Waals surface area contributed by atoms with E-state index >= 15 is 0 Å². The monoisotopic (exact) mass is 574 g/mol. The third-order valence-corrected chi connectivity index (χ3v) is 9.62. The number of nitrogens with one attached hydrogen (secondary N) is 3. The Hall–Kier alpha value is -3.71. The number of anilines is 1. The molecule has 1 saturated heterocycles. The number of rotatable bonds is 7. The van der Waals surface area contributed by atoms with Gasteiger partial charge in [-0.05, 0) is 60.1 Å². The summed E-state index contributed by atoms with van der Waals surface area (Å²) in [5.74, 6) is -0.297. The van der Waals surface area contributed by atoms with Crippen LogP contribution in [0, 0.1) is 47.8 Å². The second-order valence-corrected chi connectivity index (χ2v) is 14.1. The molecule has 1 aromatic carbocycles. The Kier molecular flexibility index (Phi) is 7.23. The van der Waals surface area contributed by atoms with Gasteiger partial charge in [-0.2, -0.15) is 5.26 Å². The Bertz CT molecular complexity index is 1610. The van der Waals surface area contributed by atoms with Crippen LogP contribution in [0.2, 0.25) is 0 Å². The molecule has 2 aliphatic rings. The summed E-state index contributed by atoms with van der Waals surface area (Å²) in [5, 5.41) is 19.6. The van der Waals surface area contributed by atoms with Gasteiger partial charge in [-0.25, -0.2) is 4.98 Å². The van der Waals surface area contributed by atoms with Crippen LogP contribution in [0.25, 0.3) is 10.9 Å². The first-order valence-corrected chi connectivity index (χ1v) is 14.9. The molecule has 0 unspecified atom stereocenters. The molecule has 0 bridgehead atoms. The van der Waals surface area contributed by atoms with E-state index in [4.69, 9.17) is 0 Å². The van der Waals surface area contributed by atoms with Crippen LogP contribution in [0.4, 0.5) is 5.13 Å². The summed E-state index contributed by atoms with van der Waals surface area (Å²) < 4.78 is 0. The average molecular weight is 575 g/mol. The minimum Gasteiger partial charge on any atom is -0.349 e. The molecule has 2 aromatic heterocycles. The van der Waals surface area contributed by atoms with E-state index in [2.05, 4.69) is 40.5 Å². The molecule has 3 N–H and O–H groups in total. The van der Waals surface area contributed by atoms with Crippen molar-refractivity contribution in [2.24, 2.45) is 22.7 Å². The normalized spacial score (nSPS) is 22.5. The highest BCUT2D eigenvalue weighted by Crippen LogP contribution is 2.65. The van der Waals surface area contributed by atoms with E-state index in [9.17, 15) is 19.6 Å². The van der Waals surface area contributed by atoms with Gasteiger partial charge in [0, 0.05) is 29.4 Å². The fourth-order valence-corrected chi connectivity index (χ4v) is 7.02. The number of aryl methyl sites for hydroxylation is 2. The molecule has 3 heterocycles. The lowest BCUT2D eigenvalue weighted by molar-refractivity contribution is -0.142. The van der Waals surface area contributed by atoms with E-state index in [-0.39, 0.29) is 41.0 Å². The number of aromatic amines is 1. The van der Waals surface area contributed by atoms with E-state index in [1.807, 2.05) is 58.2 Å². The number of fused-ring (bicyclic) bond motifs is 2. The molecule has 1 aliphatic carbocycles. The van der Waals surface area contributed by atoms with Gasteiger partial charge in [0.1, 0.15) is 18.1 Å². The maximum Gasteiger partial charge on any atom is 0.251 e. The van der Waals surface area contributed by atoms with E-state index in [0.29, 0.717) is 17.2 Å². The smallest absolute Gasteiger partial charge is 0.251 e. The Morgan fingerprint density at radius 2 is 2.00 bits per heavy atom. The molecule has 5 atom stereocenters. The summed E-state index contributed by atoms with van der Waals surface area (Å²) in [6.45, 7) is 14.6. The van der Waals surface area contributed by atoms with Crippen molar-refractivity contribution in [3.8, 4) is 6.07 Å². The van der Waals surface area contributed by atoms with Crippen molar-refractivity contribution in [2.45, 2.75) is 73.0 Å². The van der Waals surface area contributed by atoms with Gasteiger partial charge in [0.15, 0.2) is 5.13 Å². The highest BCUT2D eigenvalue weighted by Gasteiger charge is 2.69. The number of likely N-dealkylation sites (tertiary alicyclic amines) is 1. The van der Waals surface area contributed by atoms with Gasteiger partial charge in [0.05, 0.1) is 11.8 Å². The number of aromatic nitrogens is 2. The van der Waals surface area contributed by atoms with Crippen LogP contribution >= 0.6 is 11.3 Å². The maximum atomic E-state index is 14.1. The second kappa shape index (κ2) is 10.3. The number of benzene rings is 1. The van der Waals surface area contributed by atoms with Crippen LogP contribution in [0.1, 0.15) is 51.4 Å². The second-order valence-electron chi connectivity index (χ2n) is 13.2. The van der Waals surface area contributed by atoms with Crippen molar-refractivity contribution >= 4 is 39.2 Å². The van der Waals surface area contributed by atoms with E-state index < -0.39 is 23.5 Å². The number of thiazole rings is 1. The fourth-order valence-electron chi connectivity index (χ4n) is 6.30. The first-order valence-electron chi connectivity index (χ1n) is 14.0. The number of nitriles is 1. The van der Waals surface area contributed by atoms with Crippen molar-refractivity contribution in [2.75, 3.05) is 11.9 Å².